The van der Waals surface area contributed by atoms with Crippen LogP contribution in [-0.4, -0.2) is 85.1 Å². The zero-order valence-electron chi connectivity index (χ0n) is 14.9. The van der Waals surface area contributed by atoms with E-state index in [9.17, 15) is 30.3 Å². The highest BCUT2D eigenvalue weighted by Gasteiger charge is 2.39. The van der Waals surface area contributed by atoms with Gasteiger partial charge in [0.05, 0.1) is 16.7 Å². The fraction of sp³-hybridized carbons (Fsp3) is 0.588. The molecule has 0 aliphatic heterocycles. The Kier molecular flexibility index (Phi) is 9.94. The molecule has 26 heavy (non-hydrogen) atoms. The molecule has 148 valence electrons. The van der Waals surface area contributed by atoms with E-state index in [4.69, 9.17) is 0 Å². The summed E-state index contributed by atoms with van der Waals surface area (Å²) in [7, 11) is 0. The minimum Gasteiger partial charge on any atom is -0.391 e. The van der Waals surface area contributed by atoms with E-state index in [1.54, 1.807) is 42.8 Å². The van der Waals surface area contributed by atoms with Crippen molar-refractivity contribution in [3.8, 4) is 0 Å². The lowest BCUT2D eigenvalue weighted by Gasteiger charge is -2.34. The minimum absolute atomic E-state index is 0.324. The van der Waals surface area contributed by atoms with Crippen LogP contribution in [0.3, 0.4) is 0 Å². The summed E-state index contributed by atoms with van der Waals surface area (Å²) in [6.45, 7) is 1.35. The van der Waals surface area contributed by atoms with Crippen LogP contribution in [0.2, 0.25) is 0 Å². The van der Waals surface area contributed by atoms with E-state index in [1.165, 1.54) is 30.4 Å². The quantitative estimate of drug-likeness (QED) is 0.292. The molecular weight excluding hydrogens is 378 g/mol. The Hall–Kier alpha value is -0.810. The number of benzene rings is 1. The second-order valence-electron chi connectivity index (χ2n) is 5.91. The van der Waals surface area contributed by atoms with Gasteiger partial charge < -0.3 is 30.8 Å². The molecule has 1 amide bonds. The number of rotatable bonds is 10. The fourth-order valence-corrected chi connectivity index (χ4v) is 4.12. The van der Waals surface area contributed by atoms with E-state index in [2.05, 4.69) is 5.32 Å². The molecule has 0 heterocycles. The Morgan fingerprint density at radius 3 is 1.85 bits per heavy atom. The first kappa shape index (κ1) is 23.2. The Labute approximate surface area is 161 Å². The van der Waals surface area contributed by atoms with Crippen LogP contribution in [0.5, 0.6) is 0 Å². The number of thioether (sulfide) groups is 2. The van der Waals surface area contributed by atoms with E-state index in [0.29, 0.717) is 5.56 Å². The Morgan fingerprint density at radius 2 is 1.38 bits per heavy atom. The van der Waals surface area contributed by atoms with Gasteiger partial charge in [-0.15, -0.1) is 23.5 Å². The standard InChI is InChI=1S/C17H27NO6S2/c1-9(19)11(18-16(24)10-7-5-4-6-8-10)12(20)13(21)14(22)15(23)17(25-2)26-3/h4-9,11-15,17,19-23H,1-3H3,(H,18,24)/t9-,11-,12-,13+,14+,15-/m1/s1. The van der Waals surface area contributed by atoms with Crippen molar-refractivity contribution in [2.75, 3.05) is 12.5 Å². The first-order chi connectivity index (χ1) is 12.2. The van der Waals surface area contributed by atoms with Crippen LogP contribution >= 0.6 is 23.5 Å². The van der Waals surface area contributed by atoms with Gasteiger partial charge in [0.15, 0.2) is 0 Å². The fourth-order valence-electron chi connectivity index (χ4n) is 2.47. The number of aliphatic hydroxyl groups is 5. The molecule has 0 saturated heterocycles. The zero-order chi connectivity index (χ0) is 19.9. The van der Waals surface area contributed by atoms with E-state index < -0.39 is 47.1 Å². The SMILES string of the molecule is CSC(SC)[C@H](O)[C@@H](O)[C@@H](O)[C@H](O)[C@H](NC(=O)c1ccccc1)[C@@H](C)O. The number of carbonyl (C=O) groups excluding carboxylic acids is 1. The normalized spacial score (nSPS) is 18.7. The summed E-state index contributed by atoms with van der Waals surface area (Å²) >= 11 is 2.60. The molecule has 0 saturated carbocycles. The zero-order valence-corrected chi connectivity index (χ0v) is 16.5. The average molecular weight is 406 g/mol. The molecule has 0 unspecified atom stereocenters. The summed E-state index contributed by atoms with van der Waals surface area (Å²) in [5, 5.41) is 53.4. The van der Waals surface area contributed by atoms with Crippen LogP contribution in [0.15, 0.2) is 30.3 Å². The summed E-state index contributed by atoms with van der Waals surface area (Å²) < 4.78 is -0.407. The Balaban J connectivity index is 2.86. The summed E-state index contributed by atoms with van der Waals surface area (Å²) in [4.78, 5) is 12.3. The number of hydrogen-bond acceptors (Lipinski definition) is 8. The molecule has 1 aromatic rings. The third kappa shape index (κ3) is 6.12. The van der Waals surface area contributed by atoms with Gasteiger partial charge in [0.1, 0.15) is 24.4 Å². The number of amides is 1. The smallest absolute Gasteiger partial charge is 0.251 e. The maximum absolute atomic E-state index is 12.3. The van der Waals surface area contributed by atoms with E-state index in [-0.39, 0.29) is 0 Å². The van der Waals surface area contributed by atoms with E-state index in [1.807, 2.05) is 0 Å². The van der Waals surface area contributed by atoms with Crippen molar-refractivity contribution in [2.24, 2.45) is 0 Å². The molecule has 0 aromatic heterocycles. The predicted octanol–water partition coefficient (Wildman–Crippen LogP) is -0.339. The molecule has 0 aliphatic rings. The lowest BCUT2D eigenvalue weighted by molar-refractivity contribution is -0.117. The Bertz CT molecular complexity index is 543. The maximum atomic E-state index is 12.3. The lowest BCUT2D eigenvalue weighted by atomic mass is 9.95. The van der Waals surface area contributed by atoms with Gasteiger partial charge >= 0.3 is 0 Å². The first-order valence-electron chi connectivity index (χ1n) is 8.06. The highest BCUT2D eigenvalue weighted by Crippen LogP contribution is 2.26. The molecule has 1 aromatic carbocycles. The van der Waals surface area contributed by atoms with Crippen molar-refractivity contribution < 1.29 is 30.3 Å². The van der Waals surface area contributed by atoms with Crippen LogP contribution < -0.4 is 5.32 Å². The van der Waals surface area contributed by atoms with Gasteiger partial charge in [0.25, 0.3) is 5.91 Å². The molecule has 6 N–H and O–H groups in total. The second kappa shape index (κ2) is 11.1. The average Bonchev–Trinajstić information content (AvgIpc) is 2.65. The second-order valence-corrected chi connectivity index (χ2v) is 8.16. The molecule has 0 aliphatic carbocycles. The van der Waals surface area contributed by atoms with E-state index >= 15 is 0 Å². The Morgan fingerprint density at radius 1 is 0.885 bits per heavy atom. The van der Waals surface area contributed by atoms with Gasteiger partial charge in [0, 0.05) is 5.56 Å². The topological polar surface area (TPSA) is 130 Å². The minimum atomic E-state index is -1.76. The molecule has 6 atom stereocenters. The monoisotopic (exact) mass is 405 g/mol. The summed E-state index contributed by atoms with van der Waals surface area (Å²) in [6, 6.07) is 6.98. The molecule has 0 fully saturated rings. The number of nitrogens with one attached hydrogen (secondary N) is 1. The van der Waals surface area contributed by atoms with Gasteiger partial charge in [-0.25, -0.2) is 0 Å². The summed E-state index contributed by atoms with van der Waals surface area (Å²) in [6.07, 6.45) is -4.10. The molecule has 1 rings (SSSR count). The van der Waals surface area contributed by atoms with Crippen molar-refractivity contribution in [2.45, 2.75) is 48.1 Å². The van der Waals surface area contributed by atoms with Gasteiger partial charge in [-0.3, -0.25) is 4.79 Å². The largest absolute Gasteiger partial charge is 0.391 e. The van der Waals surface area contributed by atoms with Crippen molar-refractivity contribution in [1.29, 1.82) is 0 Å². The van der Waals surface area contributed by atoms with Crippen LogP contribution in [0.25, 0.3) is 0 Å². The van der Waals surface area contributed by atoms with Crippen LogP contribution in [0.1, 0.15) is 17.3 Å². The number of hydrogen-bond donors (Lipinski definition) is 6. The summed E-state index contributed by atoms with van der Waals surface area (Å²) in [5.41, 5.74) is 0.324. The van der Waals surface area contributed by atoms with Crippen molar-refractivity contribution in [3.05, 3.63) is 35.9 Å². The third-order valence-electron chi connectivity index (χ3n) is 4.01. The molecule has 0 bridgehead atoms. The van der Waals surface area contributed by atoms with Gasteiger partial charge in [-0.05, 0) is 31.6 Å². The highest BCUT2D eigenvalue weighted by molar-refractivity contribution is 8.16. The van der Waals surface area contributed by atoms with Gasteiger partial charge in [-0.2, -0.15) is 0 Å². The molecular formula is C17H27NO6S2. The van der Waals surface area contributed by atoms with Gasteiger partial charge in [-0.1, -0.05) is 18.2 Å². The number of carbonyl (C=O) groups is 1. The maximum Gasteiger partial charge on any atom is 0.251 e. The predicted molar refractivity (Wildman–Crippen MR) is 104 cm³/mol. The van der Waals surface area contributed by atoms with Crippen LogP contribution in [0, 0.1) is 0 Å². The number of aliphatic hydroxyl groups excluding tert-OH is 5. The molecule has 9 heteroatoms. The van der Waals surface area contributed by atoms with Crippen molar-refractivity contribution in [1.82, 2.24) is 5.32 Å². The molecule has 0 radical (unpaired) electrons. The summed E-state index contributed by atoms with van der Waals surface area (Å²) in [5.74, 6) is -0.538. The molecule has 0 spiro atoms. The van der Waals surface area contributed by atoms with Crippen LogP contribution in [-0.2, 0) is 0 Å². The van der Waals surface area contributed by atoms with Crippen LogP contribution in [0.4, 0.5) is 0 Å². The lowest BCUT2D eigenvalue weighted by Crippen LogP contribution is -2.58. The first-order valence-corrected chi connectivity index (χ1v) is 10.6. The molecule has 7 nitrogen and oxygen atoms in total. The third-order valence-corrected chi connectivity index (χ3v) is 6.66. The van der Waals surface area contributed by atoms with Crippen molar-refractivity contribution >= 4 is 29.4 Å². The van der Waals surface area contributed by atoms with Crippen molar-refractivity contribution in [3.63, 3.8) is 0 Å². The van der Waals surface area contributed by atoms with Gasteiger partial charge in [0.2, 0.25) is 0 Å². The highest BCUT2D eigenvalue weighted by atomic mass is 32.2. The van der Waals surface area contributed by atoms with E-state index in [0.717, 1.165) is 0 Å².